The van der Waals surface area contributed by atoms with E-state index in [0.717, 1.165) is 19.5 Å². The van der Waals surface area contributed by atoms with E-state index in [1.54, 1.807) is 0 Å². The molecule has 123 valence electrons. The van der Waals surface area contributed by atoms with Crippen LogP contribution in [0.3, 0.4) is 0 Å². The van der Waals surface area contributed by atoms with Crippen LogP contribution in [0, 0.1) is 0 Å². The largest absolute Gasteiger partial charge is 3.00 e. The maximum absolute atomic E-state index is 7.88. The van der Waals surface area contributed by atoms with Gasteiger partial charge in [-0.2, -0.15) is 0 Å². The van der Waals surface area contributed by atoms with Gasteiger partial charge in [0.1, 0.15) is 0 Å². The van der Waals surface area contributed by atoms with Crippen LogP contribution in [0.2, 0.25) is 0 Å². The summed E-state index contributed by atoms with van der Waals surface area (Å²) >= 11 is 0. The van der Waals surface area contributed by atoms with Gasteiger partial charge in [0.15, 0.2) is 0 Å². The summed E-state index contributed by atoms with van der Waals surface area (Å²) in [4.78, 5) is 0. The van der Waals surface area contributed by atoms with E-state index in [2.05, 4.69) is 19.2 Å². The summed E-state index contributed by atoms with van der Waals surface area (Å²) in [6.07, 6.45) is 11.6. The fraction of sp³-hybridized carbons (Fsp3) is 1.00. The number of aliphatic hydroxyl groups excluding tert-OH is 1. The van der Waals surface area contributed by atoms with Gasteiger partial charge in [-0.25, -0.2) is 0 Å². The van der Waals surface area contributed by atoms with E-state index >= 15 is 0 Å². The van der Waals surface area contributed by atoms with Crippen molar-refractivity contribution in [3.8, 4) is 0 Å². The third-order valence-electron chi connectivity index (χ3n) is 2.56. The molecule has 5 heteroatoms. The molecule has 1 N–H and O–H groups in total. The van der Waals surface area contributed by atoms with Crippen LogP contribution in [-0.4, -0.2) is 24.8 Å². The molecule has 0 bridgehead atoms. The van der Waals surface area contributed by atoms with Crippen molar-refractivity contribution in [2.45, 2.75) is 78.6 Å². The van der Waals surface area contributed by atoms with Crippen molar-refractivity contribution in [2.24, 2.45) is 0 Å². The van der Waals surface area contributed by atoms with Gasteiger partial charge in [-0.05, 0) is 6.42 Å². The summed E-state index contributed by atoms with van der Waals surface area (Å²) in [5.41, 5.74) is 0. The molecule has 0 heterocycles. The monoisotopic (exact) mass is 362 g/mol. The Morgan fingerprint density at radius 1 is 0.650 bits per heavy atom. The Kier molecular flexibility index (Phi) is 60.9. The standard InChI is InChI=1S/C12H26N.C3H8O.2ClH.Ti/c1-3-5-7-9-11-13-12-10-8-6-4-2;1-2-3-4;;;/h3-12H2,1-2H3;4H,2-3H2,1H3;2*1H;/q-1;;;;+3/p-2. The molecule has 0 spiro atoms. The maximum Gasteiger partial charge on any atom is 3.00 e. The first-order chi connectivity index (χ1) is 8.33. The average Bonchev–Trinajstić information content (AvgIpc) is 2.37. The summed E-state index contributed by atoms with van der Waals surface area (Å²) in [6.45, 7) is 8.96. The smallest absolute Gasteiger partial charge is 1.00 e. The molecule has 0 aliphatic carbocycles. The number of halogens is 2. The third kappa shape index (κ3) is 42.7. The van der Waals surface area contributed by atoms with Crippen LogP contribution in [-0.2, 0) is 21.7 Å². The number of aliphatic hydroxyl groups is 1. The molecule has 0 aromatic carbocycles. The fourth-order valence-electron chi connectivity index (χ4n) is 1.41. The topological polar surface area (TPSA) is 34.3 Å². The molecule has 0 aromatic rings. The molecular weight excluding hydrogens is 329 g/mol. The molecule has 1 radical (unpaired) electrons. The molecule has 0 saturated heterocycles. The second-order valence-electron chi connectivity index (χ2n) is 4.52. The van der Waals surface area contributed by atoms with Crippen LogP contribution in [0.15, 0.2) is 0 Å². The van der Waals surface area contributed by atoms with Crippen molar-refractivity contribution in [3.05, 3.63) is 5.32 Å². The van der Waals surface area contributed by atoms with Crippen LogP contribution in [0.1, 0.15) is 78.6 Å². The van der Waals surface area contributed by atoms with Crippen LogP contribution < -0.4 is 24.8 Å². The summed E-state index contributed by atoms with van der Waals surface area (Å²) in [5, 5.41) is 12.4. The Morgan fingerprint density at radius 3 is 1.25 bits per heavy atom. The predicted molar refractivity (Wildman–Crippen MR) is 78.8 cm³/mol. The van der Waals surface area contributed by atoms with Crippen LogP contribution in [0.4, 0.5) is 0 Å². The second-order valence-corrected chi connectivity index (χ2v) is 4.52. The molecule has 2 nitrogen and oxygen atoms in total. The second kappa shape index (κ2) is 36.9. The molecule has 0 fully saturated rings. The first-order valence-corrected chi connectivity index (χ1v) is 7.57. The van der Waals surface area contributed by atoms with Crippen molar-refractivity contribution >= 4 is 0 Å². The number of unbranched alkanes of at least 4 members (excludes halogenated alkanes) is 6. The van der Waals surface area contributed by atoms with E-state index in [1.165, 1.54) is 51.4 Å². The van der Waals surface area contributed by atoms with E-state index in [1.807, 2.05) is 6.92 Å². The van der Waals surface area contributed by atoms with E-state index in [9.17, 15) is 0 Å². The Labute approximate surface area is 155 Å². The zero-order chi connectivity index (χ0) is 13.2. The van der Waals surface area contributed by atoms with Gasteiger partial charge in [0, 0.05) is 6.61 Å². The number of hydrogen-bond donors (Lipinski definition) is 1. The molecule has 0 amide bonds. The maximum atomic E-state index is 7.88. The minimum Gasteiger partial charge on any atom is -1.00 e. The van der Waals surface area contributed by atoms with Crippen molar-refractivity contribution < 1.29 is 51.6 Å². The molecule has 0 unspecified atom stereocenters. The Morgan fingerprint density at radius 2 is 1.00 bits per heavy atom. The summed E-state index contributed by atoms with van der Waals surface area (Å²) in [6, 6.07) is 0. The molecule has 0 rings (SSSR count). The van der Waals surface area contributed by atoms with E-state index in [0.29, 0.717) is 6.61 Å². The van der Waals surface area contributed by atoms with Gasteiger partial charge in [0.05, 0.1) is 0 Å². The quantitative estimate of drug-likeness (QED) is 0.368. The Bertz CT molecular complexity index is 110. The van der Waals surface area contributed by atoms with Crippen LogP contribution in [0.25, 0.3) is 5.32 Å². The van der Waals surface area contributed by atoms with Gasteiger partial charge in [0.2, 0.25) is 0 Å². The fourth-order valence-corrected chi connectivity index (χ4v) is 1.41. The minimum atomic E-state index is 0. The van der Waals surface area contributed by atoms with E-state index in [-0.39, 0.29) is 46.5 Å². The van der Waals surface area contributed by atoms with Gasteiger partial charge in [-0.1, -0.05) is 72.1 Å². The predicted octanol–water partition coefficient (Wildman–Crippen LogP) is -1.09. The first-order valence-electron chi connectivity index (χ1n) is 7.57. The van der Waals surface area contributed by atoms with Gasteiger partial charge < -0.3 is 35.2 Å². The van der Waals surface area contributed by atoms with E-state index in [4.69, 9.17) is 5.11 Å². The summed E-state index contributed by atoms with van der Waals surface area (Å²) in [5.74, 6) is 0. The van der Waals surface area contributed by atoms with Gasteiger partial charge in [-0.3, -0.25) is 0 Å². The van der Waals surface area contributed by atoms with E-state index < -0.39 is 0 Å². The molecular formula is C15H34Cl2NOTi. The Balaban J connectivity index is -0.0000000951. The first kappa shape index (κ1) is 33.0. The molecule has 0 saturated carbocycles. The zero-order valence-electron chi connectivity index (χ0n) is 13.6. The van der Waals surface area contributed by atoms with Crippen LogP contribution in [0.5, 0.6) is 0 Å². The normalized spacial score (nSPS) is 8.40. The minimum absolute atomic E-state index is 0. The number of nitrogens with zero attached hydrogens (tertiary/aromatic N) is 1. The number of hydrogen-bond acceptors (Lipinski definition) is 1. The molecule has 20 heavy (non-hydrogen) atoms. The van der Waals surface area contributed by atoms with Crippen molar-refractivity contribution in [3.63, 3.8) is 0 Å². The van der Waals surface area contributed by atoms with Crippen molar-refractivity contribution in [1.29, 1.82) is 0 Å². The Hall–Kier alpha value is 1.21. The summed E-state index contributed by atoms with van der Waals surface area (Å²) < 4.78 is 0. The molecule has 0 aliphatic heterocycles. The van der Waals surface area contributed by atoms with Gasteiger partial charge in [0.25, 0.3) is 0 Å². The van der Waals surface area contributed by atoms with Crippen molar-refractivity contribution in [2.75, 3.05) is 19.7 Å². The third-order valence-corrected chi connectivity index (χ3v) is 2.56. The van der Waals surface area contributed by atoms with Crippen LogP contribution >= 0.6 is 0 Å². The SMILES string of the molecule is CCCCCC[N-]CCCCCC.CCCO.[Cl-].[Cl-].[Ti+3]. The molecule has 0 aliphatic rings. The average molecular weight is 363 g/mol. The molecule has 0 aromatic heterocycles. The number of rotatable bonds is 11. The molecule has 0 atom stereocenters. The van der Waals surface area contributed by atoms with Gasteiger partial charge in [-0.15, -0.1) is 13.1 Å². The van der Waals surface area contributed by atoms with Crippen molar-refractivity contribution in [1.82, 2.24) is 0 Å². The summed E-state index contributed by atoms with van der Waals surface area (Å²) in [7, 11) is 0. The van der Waals surface area contributed by atoms with Gasteiger partial charge >= 0.3 is 21.7 Å². The zero-order valence-corrected chi connectivity index (χ0v) is 16.7.